The van der Waals surface area contributed by atoms with Gasteiger partial charge >= 0.3 is 0 Å². The van der Waals surface area contributed by atoms with Gasteiger partial charge in [-0.05, 0) is 24.3 Å². The van der Waals surface area contributed by atoms with E-state index in [1.165, 1.54) is 6.20 Å². The molecule has 0 unspecified atom stereocenters. The molecule has 0 N–H and O–H groups in total. The van der Waals surface area contributed by atoms with E-state index < -0.39 is 0 Å². The van der Waals surface area contributed by atoms with Crippen molar-refractivity contribution in [3.8, 4) is 0 Å². The third kappa shape index (κ3) is 2.17. The van der Waals surface area contributed by atoms with Gasteiger partial charge in [0.2, 0.25) is 5.78 Å². The van der Waals surface area contributed by atoms with Crippen molar-refractivity contribution in [2.45, 2.75) is 0 Å². The Kier molecular flexibility index (Phi) is 3.20. The van der Waals surface area contributed by atoms with Crippen LogP contribution in [0.25, 0.3) is 10.9 Å². The van der Waals surface area contributed by atoms with Gasteiger partial charge in [0, 0.05) is 18.0 Å². The van der Waals surface area contributed by atoms with Crippen molar-refractivity contribution >= 4 is 39.9 Å². The Labute approximate surface area is 125 Å². The second kappa shape index (κ2) is 4.89. The number of nitrogens with zero attached hydrogens (tertiary/aromatic N) is 3. The van der Waals surface area contributed by atoms with Crippen LogP contribution in [0.2, 0.25) is 10.2 Å². The summed E-state index contributed by atoms with van der Waals surface area (Å²) in [5, 5.41) is 1.50. The third-order valence-electron chi connectivity index (χ3n) is 3.04. The zero-order chi connectivity index (χ0) is 14.3. The normalized spacial score (nSPS) is 10.9. The predicted molar refractivity (Wildman–Crippen MR) is 78.4 cm³/mol. The minimum Gasteiger partial charge on any atom is -0.331 e. The molecule has 3 aromatic rings. The van der Waals surface area contributed by atoms with E-state index in [1.54, 1.807) is 42.2 Å². The maximum Gasteiger partial charge on any atom is 0.211 e. The van der Waals surface area contributed by atoms with Crippen molar-refractivity contribution in [1.82, 2.24) is 14.5 Å². The minimum absolute atomic E-state index is 0.113. The van der Waals surface area contributed by atoms with Crippen LogP contribution in [0, 0.1) is 0 Å². The Balaban J connectivity index is 2.14. The number of imidazole rings is 1. The number of pyridine rings is 1. The minimum atomic E-state index is -0.113. The Morgan fingerprint density at radius 1 is 1.25 bits per heavy atom. The molecule has 0 radical (unpaired) electrons. The lowest BCUT2D eigenvalue weighted by molar-refractivity contribution is 0.103. The summed E-state index contributed by atoms with van der Waals surface area (Å²) in [6, 6.07) is 6.72. The van der Waals surface area contributed by atoms with Crippen LogP contribution >= 0.6 is 23.2 Å². The fourth-order valence-corrected chi connectivity index (χ4v) is 2.53. The van der Waals surface area contributed by atoms with E-state index >= 15 is 0 Å². The number of aryl methyl sites for hydroxylation is 1. The van der Waals surface area contributed by atoms with Crippen LogP contribution in [0.3, 0.4) is 0 Å². The van der Waals surface area contributed by atoms with Crippen LogP contribution < -0.4 is 0 Å². The van der Waals surface area contributed by atoms with E-state index in [1.807, 2.05) is 0 Å². The number of carbonyl (C=O) groups excluding carboxylic acids is 1. The van der Waals surface area contributed by atoms with Crippen molar-refractivity contribution < 1.29 is 4.79 Å². The molecule has 6 heteroatoms. The highest BCUT2D eigenvalue weighted by Gasteiger charge is 2.14. The first-order valence-electron chi connectivity index (χ1n) is 5.83. The molecule has 0 bridgehead atoms. The number of rotatable bonds is 2. The average molecular weight is 306 g/mol. The highest BCUT2D eigenvalue weighted by atomic mass is 35.5. The Bertz CT molecular complexity index is 826. The quantitative estimate of drug-likeness (QED) is 0.538. The first-order valence-corrected chi connectivity index (χ1v) is 6.58. The number of carbonyl (C=O) groups is 1. The van der Waals surface area contributed by atoms with Crippen LogP contribution in [0.1, 0.15) is 16.1 Å². The van der Waals surface area contributed by atoms with E-state index in [4.69, 9.17) is 23.2 Å². The highest BCUT2D eigenvalue weighted by Crippen LogP contribution is 2.26. The maximum absolute atomic E-state index is 12.4. The summed E-state index contributed by atoms with van der Waals surface area (Å²) in [6.07, 6.45) is 3.12. The predicted octanol–water partition coefficient (Wildman–Crippen LogP) is 3.51. The number of ketones is 1. The molecule has 0 fully saturated rings. The van der Waals surface area contributed by atoms with Crippen LogP contribution in [0.15, 0.2) is 36.8 Å². The molecule has 0 aliphatic rings. The van der Waals surface area contributed by atoms with E-state index in [9.17, 15) is 4.79 Å². The summed E-state index contributed by atoms with van der Waals surface area (Å²) in [4.78, 5) is 20.5. The van der Waals surface area contributed by atoms with E-state index in [0.29, 0.717) is 32.3 Å². The first-order chi connectivity index (χ1) is 9.56. The largest absolute Gasteiger partial charge is 0.331 e. The lowest BCUT2D eigenvalue weighted by Crippen LogP contribution is -2.06. The van der Waals surface area contributed by atoms with Gasteiger partial charge in [-0.1, -0.05) is 23.2 Å². The fourth-order valence-electron chi connectivity index (χ4n) is 2.02. The summed E-state index contributed by atoms with van der Waals surface area (Å²) in [6.45, 7) is 0. The van der Waals surface area contributed by atoms with Crippen molar-refractivity contribution in [2.24, 2.45) is 7.05 Å². The second-order valence-corrected chi connectivity index (χ2v) is 5.17. The summed E-state index contributed by atoms with van der Waals surface area (Å²) < 4.78 is 1.67. The van der Waals surface area contributed by atoms with Crippen LogP contribution in [-0.4, -0.2) is 20.3 Å². The van der Waals surface area contributed by atoms with Crippen molar-refractivity contribution in [3.05, 3.63) is 58.2 Å². The smallest absolute Gasteiger partial charge is 0.211 e. The third-order valence-corrected chi connectivity index (χ3v) is 3.54. The molecule has 2 aromatic heterocycles. The van der Waals surface area contributed by atoms with E-state index in [2.05, 4.69) is 9.97 Å². The zero-order valence-corrected chi connectivity index (χ0v) is 12.0. The number of hydrogen-bond donors (Lipinski definition) is 0. The van der Waals surface area contributed by atoms with Crippen molar-refractivity contribution in [2.75, 3.05) is 0 Å². The molecule has 0 amide bonds. The zero-order valence-electron chi connectivity index (χ0n) is 10.5. The molecule has 2 heterocycles. The van der Waals surface area contributed by atoms with Gasteiger partial charge in [-0.3, -0.25) is 4.79 Å². The SMILES string of the molecule is Cn1cncc1C(=O)c1ccc2nc(Cl)cc(Cl)c2c1. The second-order valence-electron chi connectivity index (χ2n) is 4.38. The molecule has 0 saturated carbocycles. The van der Waals surface area contributed by atoms with Crippen molar-refractivity contribution in [1.29, 1.82) is 0 Å². The first kappa shape index (κ1) is 13.1. The lowest BCUT2D eigenvalue weighted by Gasteiger charge is -2.05. The van der Waals surface area contributed by atoms with Gasteiger partial charge in [0.05, 0.1) is 23.1 Å². The Hall–Kier alpha value is -1.91. The molecule has 1 aromatic carbocycles. The van der Waals surface area contributed by atoms with Crippen molar-refractivity contribution in [3.63, 3.8) is 0 Å². The molecule has 0 spiro atoms. The Morgan fingerprint density at radius 3 is 2.75 bits per heavy atom. The highest BCUT2D eigenvalue weighted by molar-refractivity contribution is 6.37. The van der Waals surface area contributed by atoms with Gasteiger partial charge in [0.25, 0.3) is 0 Å². The molecule has 3 rings (SSSR count). The maximum atomic E-state index is 12.4. The van der Waals surface area contributed by atoms with Crippen LogP contribution in [0.4, 0.5) is 0 Å². The molecule has 0 aliphatic carbocycles. The molecule has 0 saturated heterocycles. The van der Waals surface area contributed by atoms with Crippen LogP contribution in [0.5, 0.6) is 0 Å². The number of fused-ring (bicyclic) bond motifs is 1. The summed E-state index contributed by atoms with van der Waals surface area (Å²) in [7, 11) is 1.77. The molecule has 0 atom stereocenters. The van der Waals surface area contributed by atoms with E-state index in [0.717, 1.165) is 0 Å². The van der Waals surface area contributed by atoms with Gasteiger partial charge < -0.3 is 4.57 Å². The number of halogens is 2. The summed E-state index contributed by atoms with van der Waals surface area (Å²) >= 11 is 12.0. The fraction of sp³-hybridized carbons (Fsp3) is 0.0714. The number of hydrogen-bond acceptors (Lipinski definition) is 3. The van der Waals surface area contributed by atoms with Gasteiger partial charge in [-0.15, -0.1) is 0 Å². The van der Waals surface area contributed by atoms with Gasteiger partial charge in [0.15, 0.2) is 0 Å². The molecule has 0 aliphatic heterocycles. The number of benzene rings is 1. The molecule has 100 valence electrons. The monoisotopic (exact) mass is 305 g/mol. The summed E-state index contributed by atoms with van der Waals surface area (Å²) in [5.74, 6) is -0.113. The molecular weight excluding hydrogens is 297 g/mol. The standard InChI is InChI=1S/C14H9Cl2N3O/c1-19-7-17-6-12(19)14(20)8-2-3-11-9(4-8)10(15)5-13(16)18-11/h2-7H,1H3. The van der Waals surface area contributed by atoms with Gasteiger partial charge in [-0.2, -0.15) is 0 Å². The summed E-state index contributed by atoms with van der Waals surface area (Å²) in [5.41, 5.74) is 1.71. The Morgan fingerprint density at radius 2 is 2.05 bits per heavy atom. The number of aromatic nitrogens is 3. The van der Waals surface area contributed by atoms with Crippen LogP contribution in [-0.2, 0) is 7.05 Å². The van der Waals surface area contributed by atoms with E-state index in [-0.39, 0.29) is 5.78 Å². The molecular formula is C14H9Cl2N3O. The molecule has 4 nitrogen and oxygen atoms in total. The topological polar surface area (TPSA) is 47.8 Å². The van der Waals surface area contributed by atoms with Gasteiger partial charge in [-0.25, -0.2) is 9.97 Å². The lowest BCUT2D eigenvalue weighted by atomic mass is 10.1. The molecule has 20 heavy (non-hydrogen) atoms. The van der Waals surface area contributed by atoms with Gasteiger partial charge in [0.1, 0.15) is 10.8 Å². The average Bonchev–Trinajstić information content (AvgIpc) is 2.83.